The predicted octanol–water partition coefficient (Wildman–Crippen LogP) is 2.32. The molecule has 1 N–H and O–H groups in total. The summed E-state index contributed by atoms with van der Waals surface area (Å²) in [5.74, 6) is 0.872. The first kappa shape index (κ1) is 14.8. The summed E-state index contributed by atoms with van der Waals surface area (Å²) in [4.78, 5) is 5.61. The van der Waals surface area contributed by atoms with Gasteiger partial charge in [-0.1, -0.05) is 13.8 Å². The quantitative estimate of drug-likeness (QED) is 0.833. The van der Waals surface area contributed by atoms with E-state index in [1.807, 2.05) is 0 Å². The lowest BCUT2D eigenvalue weighted by molar-refractivity contribution is 0.121. The van der Waals surface area contributed by atoms with Crippen molar-refractivity contribution >= 4 is 0 Å². The van der Waals surface area contributed by atoms with E-state index in [0.717, 1.165) is 24.0 Å². The molecular weight excluding hydrogens is 246 g/mol. The van der Waals surface area contributed by atoms with Crippen molar-refractivity contribution in [1.29, 1.82) is 0 Å². The zero-order chi connectivity index (χ0) is 14.1. The Labute approximate surface area is 125 Å². The lowest BCUT2D eigenvalue weighted by Crippen LogP contribution is -2.46. The number of hydrogen-bond donors (Lipinski definition) is 1. The lowest BCUT2D eigenvalue weighted by Gasteiger charge is -2.37. The van der Waals surface area contributed by atoms with Crippen LogP contribution in [0.15, 0.2) is 0 Å². The van der Waals surface area contributed by atoms with Gasteiger partial charge < -0.3 is 5.32 Å². The van der Waals surface area contributed by atoms with E-state index in [1.54, 1.807) is 0 Å². The molecule has 1 saturated carbocycles. The Bertz CT molecular complexity index is 313. The molecule has 2 saturated heterocycles. The van der Waals surface area contributed by atoms with Crippen molar-refractivity contribution in [3.05, 3.63) is 0 Å². The molecule has 0 amide bonds. The molecule has 3 rings (SSSR count). The Kier molecular flexibility index (Phi) is 4.68. The van der Waals surface area contributed by atoms with Crippen molar-refractivity contribution in [2.24, 2.45) is 5.92 Å². The Balaban J connectivity index is 1.49. The first-order valence-corrected chi connectivity index (χ1v) is 8.86. The van der Waals surface area contributed by atoms with Gasteiger partial charge in [-0.25, -0.2) is 0 Å². The van der Waals surface area contributed by atoms with E-state index in [1.165, 1.54) is 58.3 Å². The molecule has 0 aromatic carbocycles. The number of nitrogens with one attached hydrogen (secondary N) is 1. The first-order valence-electron chi connectivity index (χ1n) is 8.86. The summed E-state index contributed by atoms with van der Waals surface area (Å²) in [6.45, 7) is 12.2. The fraction of sp³-hybridized carbons (Fsp3) is 1.00. The van der Waals surface area contributed by atoms with E-state index in [9.17, 15) is 0 Å². The average molecular weight is 279 g/mol. The topological polar surface area (TPSA) is 18.5 Å². The van der Waals surface area contributed by atoms with Crippen molar-refractivity contribution in [1.82, 2.24) is 15.1 Å². The molecule has 3 fully saturated rings. The lowest BCUT2D eigenvalue weighted by atomic mass is 9.96. The molecular formula is C17H33N3. The third kappa shape index (κ3) is 3.55. The molecule has 0 radical (unpaired) electrons. The minimum Gasteiger partial charge on any atom is -0.314 e. The number of hydrogen-bond acceptors (Lipinski definition) is 3. The Hall–Kier alpha value is -0.120. The Morgan fingerprint density at radius 2 is 1.90 bits per heavy atom. The number of likely N-dealkylation sites (tertiary alicyclic amines) is 2. The third-order valence-corrected chi connectivity index (χ3v) is 5.50. The van der Waals surface area contributed by atoms with Crippen LogP contribution in [0.25, 0.3) is 0 Å². The maximum atomic E-state index is 3.64. The van der Waals surface area contributed by atoms with Gasteiger partial charge in [-0.05, 0) is 58.0 Å². The molecule has 3 atom stereocenters. The van der Waals surface area contributed by atoms with Crippen LogP contribution in [0.5, 0.6) is 0 Å². The Morgan fingerprint density at radius 1 is 1.10 bits per heavy atom. The van der Waals surface area contributed by atoms with Gasteiger partial charge in [-0.15, -0.1) is 0 Å². The van der Waals surface area contributed by atoms with Crippen LogP contribution in [0.3, 0.4) is 0 Å². The second-order valence-corrected chi connectivity index (χ2v) is 7.73. The van der Waals surface area contributed by atoms with Crippen molar-refractivity contribution in [2.45, 2.75) is 77.0 Å². The highest BCUT2D eigenvalue weighted by Crippen LogP contribution is 2.35. The molecule has 0 aromatic rings. The van der Waals surface area contributed by atoms with Crippen LogP contribution >= 0.6 is 0 Å². The van der Waals surface area contributed by atoms with Crippen LogP contribution in [0, 0.1) is 5.92 Å². The SMILES string of the molecule is CC(C)NCC1CCCN(C2CC(C)N(C3CC3)C2)C1. The standard InChI is InChI=1S/C17H33N3/c1-13(2)18-10-15-5-4-8-19(11-15)17-9-14(3)20(12-17)16-6-7-16/h13-18H,4-12H2,1-3H3. The maximum Gasteiger partial charge on any atom is 0.0238 e. The van der Waals surface area contributed by atoms with E-state index in [4.69, 9.17) is 0 Å². The smallest absolute Gasteiger partial charge is 0.0238 e. The zero-order valence-electron chi connectivity index (χ0n) is 13.6. The molecule has 3 unspecified atom stereocenters. The highest BCUT2D eigenvalue weighted by atomic mass is 15.3. The minimum atomic E-state index is 0.627. The third-order valence-electron chi connectivity index (χ3n) is 5.50. The molecule has 3 heteroatoms. The van der Waals surface area contributed by atoms with E-state index in [0.29, 0.717) is 6.04 Å². The van der Waals surface area contributed by atoms with Crippen molar-refractivity contribution in [3.63, 3.8) is 0 Å². The summed E-state index contributed by atoms with van der Waals surface area (Å²) in [5.41, 5.74) is 0. The second kappa shape index (κ2) is 6.33. The second-order valence-electron chi connectivity index (χ2n) is 7.73. The molecule has 0 bridgehead atoms. The summed E-state index contributed by atoms with van der Waals surface area (Å²) in [7, 11) is 0. The largest absolute Gasteiger partial charge is 0.314 e. The molecule has 20 heavy (non-hydrogen) atoms. The number of nitrogens with zero attached hydrogens (tertiary/aromatic N) is 2. The van der Waals surface area contributed by atoms with Crippen molar-refractivity contribution < 1.29 is 0 Å². The highest BCUT2D eigenvalue weighted by Gasteiger charge is 2.41. The van der Waals surface area contributed by atoms with Gasteiger partial charge in [0, 0.05) is 37.3 Å². The van der Waals surface area contributed by atoms with Gasteiger partial charge in [0.1, 0.15) is 0 Å². The number of piperidine rings is 1. The van der Waals surface area contributed by atoms with Crippen molar-refractivity contribution in [3.8, 4) is 0 Å². The summed E-state index contributed by atoms with van der Waals surface area (Å²) < 4.78 is 0. The minimum absolute atomic E-state index is 0.627. The van der Waals surface area contributed by atoms with Crippen LogP contribution in [0.4, 0.5) is 0 Å². The van der Waals surface area contributed by atoms with Crippen LogP contribution in [0.1, 0.15) is 52.9 Å². The molecule has 0 aromatic heterocycles. The van der Waals surface area contributed by atoms with Crippen molar-refractivity contribution in [2.75, 3.05) is 26.2 Å². The molecule has 3 nitrogen and oxygen atoms in total. The Morgan fingerprint density at radius 3 is 2.60 bits per heavy atom. The van der Waals surface area contributed by atoms with Gasteiger partial charge in [-0.2, -0.15) is 0 Å². The average Bonchev–Trinajstić information content (AvgIpc) is 3.20. The van der Waals surface area contributed by atoms with E-state index < -0.39 is 0 Å². The summed E-state index contributed by atoms with van der Waals surface area (Å²) >= 11 is 0. The van der Waals surface area contributed by atoms with Gasteiger partial charge >= 0.3 is 0 Å². The molecule has 1 aliphatic carbocycles. The van der Waals surface area contributed by atoms with Crippen LogP contribution in [-0.4, -0.2) is 60.1 Å². The normalized spacial score (nSPS) is 36.9. The summed E-state index contributed by atoms with van der Waals surface area (Å²) in [5, 5.41) is 3.64. The van der Waals surface area contributed by atoms with Gasteiger partial charge in [0.05, 0.1) is 0 Å². The van der Waals surface area contributed by atoms with E-state index >= 15 is 0 Å². The molecule has 3 aliphatic rings. The fourth-order valence-electron chi connectivity index (χ4n) is 4.20. The summed E-state index contributed by atoms with van der Waals surface area (Å²) in [6.07, 6.45) is 7.14. The van der Waals surface area contributed by atoms with Crippen LogP contribution < -0.4 is 5.32 Å². The molecule has 2 heterocycles. The summed E-state index contributed by atoms with van der Waals surface area (Å²) in [6, 6.07) is 3.23. The first-order chi connectivity index (χ1) is 9.63. The number of rotatable bonds is 5. The van der Waals surface area contributed by atoms with E-state index in [2.05, 4.69) is 35.9 Å². The van der Waals surface area contributed by atoms with E-state index in [-0.39, 0.29) is 0 Å². The fourth-order valence-corrected chi connectivity index (χ4v) is 4.20. The molecule has 2 aliphatic heterocycles. The maximum absolute atomic E-state index is 3.64. The highest BCUT2D eigenvalue weighted by molar-refractivity contribution is 4.97. The van der Waals surface area contributed by atoms with Crippen LogP contribution in [-0.2, 0) is 0 Å². The van der Waals surface area contributed by atoms with Gasteiger partial charge in [0.15, 0.2) is 0 Å². The molecule has 0 spiro atoms. The molecule has 116 valence electrons. The monoisotopic (exact) mass is 279 g/mol. The predicted molar refractivity (Wildman–Crippen MR) is 85.0 cm³/mol. The van der Waals surface area contributed by atoms with Gasteiger partial charge in [-0.3, -0.25) is 9.80 Å². The zero-order valence-corrected chi connectivity index (χ0v) is 13.6. The van der Waals surface area contributed by atoms with Gasteiger partial charge in [0.25, 0.3) is 0 Å². The van der Waals surface area contributed by atoms with Crippen LogP contribution in [0.2, 0.25) is 0 Å². The van der Waals surface area contributed by atoms with Gasteiger partial charge in [0.2, 0.25) is 0 Å².